The number of aromatic nitrogens is 4. The third-order valence-electron chi connectivity index (χ3n) is 5.05. The van der Waals surface area contributed by atoms with E-state index >= 15 is 0 Å². The lowest BCUT2D eigenvalue weighted by Crippen LogP contribution is -2.22. The summed E-state index contributed by atoms with van der Waals surface area (Å²) in [5, 5.41) is 15.3. The molecule has 3 heterocycles. The van der Waals surface area contributed by atoms with Gasteiger partial charge in [0.2, 0.25) is 0 Å². The van der Waals surface area contributed by atoms with Crippen molar-refractivity contribution in [1.82, 2.24) is 19.7 Å². The molecule has 28 heavy (non-hydrogen) atoms. The fourth-order valence-corrected chi connectivity index (χ4v) is 3.72. The molecule has 4 rings (SSSR count). The van der Waals surface area contributed by atoms with E-state index in [0.29, 0.717) is 17.3 Å². The minimum Gasteiger partial charge on any atom is -0.356 e. The average molecular weight is 378 g/mol. The first-order valence-electron chi connectivity index (χ1n) is 9.31. The topological polar surface area (TPSA) is 90.0 Å². The molecule has 1 atom stereocenters. The lowest BCUT2D eigenvalue weighted by Gasteiger charge is -2.18. The highest BCUT2D eigenvalue weighted by Gasteiger charge is 2.25. The molecule has 0 radical (unpaired) electrons. The molecule has 3 aromatic rings. The number of hydrogen-bond donors (Lipinski definition) is 0. The van der Waals surface area contributed by atoms with Crippen molar-refractivity contribution in [3.8, 4) is 11.4 Å². The minimum absolute atomic E-state index is 0.0434. The molecule has 8 heteroatoms. The van der Waals surface area contributed by atoms with Crippen molar-refractivity contribution in [2.75, 3.05) is 18.0 Å². The molecule has 0 aliphatic carbocycles. The smallest absolute Gasteiger partial charge is 0.270 e. The molecule has 0 N–H and O–H groups in total. The van der Waals surface area contributed by atoms with Crippen LogP contribution in [0.2, 0.25) is 0 Å². The van der Waals surface area contributed by atoms with Gasteiger partial charge in [0.1, 0.15) is 5.82 Å². The molecule has 0 saturated carbocycles. The van der Waals surface area contributed by atoms with Crippen LogP contribution in [0.4, 0.5) is 11.5 Å². The molecular formula is C20H22N6O2. The number of benzene rings is 1. The SMILES string of the molecule is Cc1cc(N2CCC(Cc3cnn(C)c3)C2)nc(-c2cccc([N+](=O)[O-])c2)n1. The van der Waals surface area contributed by atoms with Gasteiger partial charge < -0.3 is 4.90 Å². The molecule has 0 bridgehead atoms. The van der Waals surface area contributed by atoms with Gasteiger partial charge in [0.15, 0.2) is 5.82 Å². The van der Waals surface area contributed by atoms with Crippen LogP contribution in [0.3, 0.4) is 0 Å². The summed E-state index contributed by atoms with van der Waals surface area (Å²) in [6.45, 7) is 3.80. The number of nitro groups is 1. The molecule has 1 fully saturated rings. The predicted octanol–water partition coefficient (Wildman–Crippen LogP) is 3.16. The molecular weight excluding hydrogens is 356 g/mol. The summed E-state index contributed by atoms with van der Waals surface area (Å²) < 4.78 is 1.83. The van der Waals surface area contributed by atoms with Gasteiger partial charge >= 0.3 is 0 Å². The Morgan fingerprint density at radius 1 is 1.29 bits per heavy atom. The molecule has 0 spiro atoms. The summed E-state index contributed by atoms with van der Waals surface area (Å²) in [5.74, 6) is 1.96. The van der Waals surface area contributed by atoms with Gasteiger partial charge in [0, 0.05) is 55.8 Å². The molecule has 1 saturated heterocycles. The zero-order chi connectivity index (χ0) is 19.7. The van der Waals surface area contributed by atoms with Gasteiger partial charge in [-0.1, -0.05) is 12.1 Å². The highest BCUT2D eigenvalue weighted by atomic mass is 16.6. The summed E-state index contributed by atoms with van der Waals surface area (Å²) >= 11 is 0. The van der Waals surface area contributed by atoms with E-state index < -0.39 is 4.92 Å². The van der Waals surface area contributed by atoms with Crippen LogP contribution in [0.15, 0.2) is 42.7 Å². The van der Waals surface area contributed by atoms with Gasteiger partial charge in [-0.05, 0) is 31.2 Å². The Balaban J connectivity index is 1.54. The summed E-state index contributed by atoms with van der Waals surface area (Å²) in [5.41, 5.74) is 2.81. The highest BCUT2D eigenvalue weighted by molar-refractivity contribution is 5.61. The van der Waals surface area contributed by atoms with Crippen molar-refractivity contribution in [2.24, 2.45) is 13.0 Å². The number of anilines is 1. The first-order valence-corrected chi connectivity index (χ1v) is 9.31. The summed E-state index contributed by atoms with van der Waals surface area (Å²) in [7, 11) is 1.93. The normalized spacial score (nSPS) is 16.5. The number of non-ortho nitro benzene ring substituents is 1. The Hall–Kier alpha value is -3.29. The van der Waals surface area contributed by atoms with Crippen molar-refractivity contribution >= 4 is 11.5 Å². The van der Waals surface area contributed by atoms with E-state index in [4.69, 9.17) is 4.98 Å². The Morgan fingerprint density at radius 2 is 2.14 bits per heavy atom. The van der Waals surface area contributed by atoms with Crippen LogP contribution in [0.1, 0.15) is 17.7 Å². The molecule has 2 aromatic heterocycles. The Kier molecular flexibility index (Phi) is 4.77. The maximum atomic E-state index is 11.1. The number of aryl methyl sites for hydroxylation is 2. The minimum atomic E-state index is -0.399. The Labute approximate surface area is 163 Å². The summed E-state index contributed by atoms with van der Waals surface area (Å²) in [4.78, 5) is 22.1. The summed E-state index contributed by atoms with van der Waals surface area (Å²) in [6.07, 6.45) is 6.10. The van der Waals surface area contributed by atoms with E-state index in [1.54, 1.807) is 12.1 Å². The second kappa shape index (κ2) is 7.38. The number of hydrogen-bond acceptors (Lipinski definition) is 6. The van der Waals surface area contributed by atoms with Crippen molar-refractivity contribution < 1.29 is 4.92 Å². The molecule has 1 unspecified atom stereocenters. The lowest BCUT2D eigenvalue weighted by atomic mass is 10.0. The first-order chi connectivity index (χ1) is 13.5. The van der Waals surface area contributed by atoms with Crippen LogP contribution in [0, 0.1) is 23.0 Å². The van der Waals surface area contributed by atoms with E-state index in [2.05, 4.69) is 21.2 Å². The standard InChI is InChI=1S/C20H22N6O2/c1-14-8-19(23-20(22-14)17-4-3-5-18(10-17)26(27)28)25-7-6-15(13-25)9-16-11-21-24(2)12-16/h3-5,8,10-12,15H,6-7,9,13H2,1-2H3. The van der Waals surface area contributed by atoms with Gasteiger partial charge in [-0.3, -0.25) is 14.8 Å². The van der Waals surface area contributed by atoms with E-state index in [1.165, 1.54) is 17.7 Å². The van der Waals surface area contributed by atoms with E-state index in [-0.39, 0.29) is 5.69 Å². The van der Waals surface area contributed by atoms with Crippen LogP contribution >= 0.6 is 0 Å². The maximum absolute atomic E-state index is 11.1. The fourth-order valence-electron chi connectivity index (χ4n) is 3.72. The quantitative estimate of drug-likeness (QED) is 0.500. The number of rotatable bonds is 5. The second-order valence-corrected chi connectivity index (χ2v) is 7.33. The summed E-state index contributed by atoms with van der Waals surface area (Å²) in [6, 6.07) is 8.45. The highest BCUT2D eigenvalue weighted by Crippen LogP contribution is 2.28. The monoisotopic (exact) mass is 378 g/mol. The van der Waals surface area contributed by atoms with Crippen LogP contribution in [-0.4, -0.2) is 37.8 Å². The first kappa shape index (κ1) is 18.1. The van der Waals surface area contributed by atoms with Gasteiger partial charge in [-0.25, -0.2) is 9.97 Å². The molecule has 1 aliphatic rings. The van der Waals surface area contributed by atoms with Gasteiger partial charge in [-0.15, -0.1) is 0 Å². The van der Waals surface area contributed by atoms with E-state index in [0.717, 1.165) is 37.4 Å². The molecule has 1 aliphatic heterocycles. The third kappa shape index (κ3) is 3.85. The number of nitro benzene ring substituents is 1. The second-order valence-electron chi connectivity index (χ2n) is 7.33. The zero-order valence-corrected chi connectivity index (χ0v) is 15.9. The van der Waals surface area contributed by atoms with Crippen LogP contribution in [0.25, 0.3) is 11.4 Å². The molecule has 144 valence electrons. The number of nitrogens with zero attached hydrogens (tertiary/aromatic N) is 6. The Morgan fingerprint density at radius 3 is 2.89 bits per heavy atom. The largest absolute Gasteiger partial charge is 0.356 e. The average Bonchev–Trinajstić information content (AvgIpc) is 3.30. The van der Waals surface area contributed by atoms with Crippen molar-refractivity contribution in [3.63, 3.8) is 0 Å². The zero-order valence-electron chi connectivity index (χ0n) is 15.9. The van der Waals surface area contributed by atoms with Crippen LogP contribution < -0.4 is 4.90 Å². The van der Waals surface area contributed by atoms with Gasteiger partial charge in [-0.2, -0.15) is 5.10 Å². The molecule has 0 amide bonds. The van der Waals surface area contributed by atoms with Crippen molar-refractivity contribution in [3.05, 3.63) is 64.1 Å². The van der Waals surface area contributed by atoms with Crippen molar-refractivity contribution in [1.29, 1.82) is 0 Å². The van der Waals surface area contributed by atoms with Crippen LogP contribution in [-0.2, 0) is 13.5 Å². The van der Waals surface area contributed by atoms with Crippen molar-refractivity contribution in [2.45, 2.75) is 19.8 Å². The Bertz CT molecular complexity index is 1020. The van der Waals surface area contributed by atoms with Crippen LogP contribution in [0.5, 0.6) is 0 Å². The molecule has 8 nitrogen and oxygen atoms in total. The molecule has 1 aromatic carbocycles. The fraction of sp³-hybridized carbons (Fsp3) is 0.350. The lowest BCUT2D eigenvalue weighted by molar-refractivity contribution is -0.384. The van der Waals surface area contributed by atoms with Gasteiger partial charge in [0.05, 0.1) is 11.1 Å². The third-order valence-corrected chi connectivity index (χ3v) is 5.05. The predicted molar refractivity (Wildman–Crippen MR) is 106 cm³/mol. The maximum Gasteiger partial charge on any atom is 0.270 e. The van der Waals surface area contributed by atoms with E-state index in [9.17, 15) is 10.1 Å². The van der Waals surface area contributed by atoms with Gasteiger partial charge in [0.25, 0.3) is 5.69 Å². The van der Waals surface area contributed by atoms with E-state index in [1.807, 2.05) is 30.9 Å².